The van der Waals surface area contributed by atoms with Crippen molar-refractivity contribution < 1.29 is 40.9 Å². The summed E-state index contributed by atoms with van der Waals surface area (Å²) in [5.74, 6) is -7.23. The zero-order chi connectivity index (χ0) is 29.4. The van der Waals surface area contributed by atoms with Crippen molar-refractivity contribution in [1.29, 1.82) is 0 Å². The van der Waals surface area contributed by atoms with Crippen molar-refractivity contribution >= 4 is 43.1 Å². The number of phenolic OH excluding ortho intramolecular Hbond substituents is 8. The third kappa shape index (κ3) is 3.23. The van der Waals surface area contributed by atoms with Gasteiger partial charge < -0.3 is 40.9 Å². The lowest BCUT2D eigenvalue weighted by Crippen LogP contribution is -1.94. The summed E-state index contributed by atoms with van der Waals surface area (Å²) < 4.78 is 0. The Kier molecular flexibility index (Phi) is 5.20. The van der Waals surface area contributed by atoms with Crippen LogP contribution in [0, 0.1) is 0 Å². The van der Waals surface area contributed by atoms with Crippen LogP contribution in [0.15, 0.2) is 84.9 Å². The molecule has 0 spiro atoms. The molecule has 7 aromatic carbocycles. The maximum Gasteiger partial charge on any atom is 0.204 e. The van der Waals surface area contributed by atoms with E-state index in [0.717, 1.165) is 21.5 Å². The molecule has 8 N–H and O–H groups in total. The lowest BCUT2D eigenvalue weighted by atomic mass is 9.83. The molecule has 0 fully saturated rings. The lowest BCUT2D eigenvalue weighted by molar-refractivity contribution is 0.350. The van der Waals surface area contributed by atoms with Crippen LogP contribution >= 0.6 is 0 Å². The standard InChI is InChI=1S/C34H22O8/c35-27-23-21(17-7-2-1-3-8-17)24-26(30(38)34(42)32(40)28(24)36)22(25(23)29(37)33(41)31(27)39)18-13-12-16-11-10-15-6-4-5-9-19(15)20(16)14-18/h1-14,35-42H. The number of aromatic hydroxyl groups is 8. The van der Waals surface area contributed by atoms with Gasteiger partial charge in [-0.2, -0.15) is 0 Å². The summed E-state index contributed by atoms with van der Waals surface area (Å²) in [6.45, 7) is 0. The second-order valence-electron chi connectivity index (χ2n) is 10.1. The Balaban J connectivity index is 1.81. The van der Waals surface area contributed by atoms with Crippen LogP contribution in [-0.4, -0.2) is 40.9 Å². The van der Waals surface area contributed by atoms with E-state index in [9.17, 15) is 40.9 Å². The number of fused-ring (bicyclic) bond motifs is 5. The SMILES string of the molecule is Oc1c(O)c(O)c2c(-c3ccc4ccc5ccccc5c4c3)c3c(O)c(O)c(O)c(O)c3c(-c3ccccc3)c2c1O. The van der Waals surface area contributed by atoms with Gasteiger partial charge in [0.2, 0.25) is 23.0 Å². The monoisotopic (exact) mass is 558 g/mol. The van der Waals surface area contributed by atoms with E-state index in [1.807, 2.05) is 42.5 Å². The molecule has 0 aliphatic heterocycles. The smallest absolute Gasteiger partial charge is 0.204 e. The fraction of sp³-hybridized carbons (Fsp3) is 0. The van der Waals surface area contributed by atoms with Gasteiger partial charge in [-0.1, -0.05) is 78.9 Å². The largest absolute Gasteiger partial charge is 0.504 e. The molecule has 0 saturated heterocycles. The first-order chi connectivity index (χ1) is 20.2. The summed E-state index contributed by atoms with van der Waals surface area (Å²) >= 11 is 0. The molecule has 42 heavy (non-hydrogen) atoms. The molecular weight excluding hydrogens is 536 g/mol. The zero-order valence-corrected chi connectivity index (χ0v) is 21.7. The Morgan fingerprint density at radius 2 is 0.714 bits per heavy atom. The van der Waals surface area contributed by atoms with Crippen LogP contribution in [0.5, 0.6) is 46.0 Å². The molecule has 0 radical (unpaired) electrons. The van der Waals surface area contributed by atoms with Crippen LogP contribution in [0.4, 0.5) is 0 Å². The first-order valence-electron chi connectivity index (χ1n) is 12.9. The second-order valence-corrected chi connectivity index (χ2v) is 10.1. The van der Waals surface area contributed by atoms with Gasteiger partial charge in [-0.05, 0) is 38.7 Å². The van der Waals surface area contributed by atoms with Gasteiger partial charge in [0.1, 0.15) is 0 Å². The maximum atomic E-state index is 11.3. The van der Waals surface area contributed by atoms with E-state index in [2.05, 4.69) is 0 Å². The van der Waals surface area contributed by atoms with Crippen LogP contribution in [0.1, 0.15) is 0 Å². The second kappa shape index (κ2) is 8.74. The fourth-order valence-electron chi connectivity index (χ4n) is 5.96. The molecule has 7 rings (SSSR count). The Bertz CT molecular complexity index is 2190. The van der Waals surface area contributed by atoms with Gasteiger partial charge in [0, 0.05) is 32.7 Å². The highest BCUT2D eigenvalue weighted by atomic mass is 16.4. The number of hydrogen-bond acceptors (Lipinski definition) is 8. The molecule has 0 heterocycles. The predicted molar refractivity (Wildman–Crippen MR) is 161 cm³/mol. The predicted octanol–water partition coefficient (Wildman–Crippen LogP) is 7.28. The summed E-state index contributed by atoms with van der Waals surface area (Å²) in [7, 11) is 0. The number of benzene rings is 7. The number of rotatable bonds is 2. The van der Waals surface area contributed by atoms with E-state index in [4.69, 9.17) is 0 Å². The summed E-state index contributed by atoms with van der Waals surface area (Å²) in [6.07, 6.45) is 0. The van der Waals surface area contributed by atoms with Crippen molar-refractivity contribution in [3.05, 3.63) is 84.9 Å². The Labute approximate surface area is 237 Å². The molecule has 0 aliphatic rings. The van der Waals surface area contributed by atoms with Gasteiger partial charge in [-0.15, -0.1) is 0 Å². The van der Waals surface area contributed by atoms with Crippen molar-refractivity contribution in [2.75, 3.05) is 0 Å². The van der Waals surface area contributed by atoms with Crippen LogP contribution in [0.2, 0.25) is 0 Å². The molecule has 0 aromatic heterocycles. The average molecular weight is 559 g/mol. The van der Waals surface area contributed by atoms with Crippen molar-refractivity contribution in [3.63, 3.8) is 0 Å². The molecule has 0 atom stereocenters. The molecular formula is C34H22O8. The highest BCUT2D eigenvalue weighted by Gasteiger charge is 2.32. The molecule has 0 saturated carbocycles. The minimum absolute atomic E-state index is 0.0146. The van der Waals surface area contributed by atoms with Crippen molar-refractivity contribution in [1.82, 2.24) is 0 Å². The summed E-state index contributed by atoms with van der Waals surface area (Å²) in [5.41, 5.74) is 0.763. The van der Waals surface area contributed by atoms with Gasteiger partial charge in [0.05, 0.1) is 0 Å². The van der Waals surface area contributed by atoms with E-state index >= 15 is 0 Å². The third-order valence-corrected chi connectivity index (χ3v) is 7.89. The van der Waals surface area contributed by atoms with E-state index in [1.54, 1.807) is 42.5 Å². The van der Waals surface area contributed by atoms with Crippen molar-refractivity contribution in [2.45, 2.75) is 0 Å². The maximum absolute atomic E-state index is 11.3. The minimum atomic E-state index is -1.00. The van der Waals surface area contributed by atoms with Gasteiger partial charge in [0.25, 0.3) is 0 Å². The van der Waals surface area contributed by atoms with E-state index in [-0.39, 0.29) is 32.7 Å². The number of phenols is 8. The Morgan fingerprint density at radius 1 is 0.310 bits per heavy atom. The molecule has 0 amide bonds. The van der Waals surface area contributed by atoms with Gasteiger partial charge >= 0.3 is 0 Å². The minimum Gasteiger partial charge on any atom is -0.504 e. The molecule has 0 unspecified atom stereocenters. The van der Waals surface area contributed by atoms with Crippen molar-refractivity contribution in [3.8, 4) is 68.2 Å². The first-order valence-corrected chi connectivity index (χ1v) is 12.9. The van der Waals surface area contributed by atoms with Crippen molar-refractivity contribution in [2.24, 2.45) is 0 Å². The van der Waals surface area contributed by atoms with E-state index in [1.165, 1.54) is 0 Å². The fourth-order valence-corrected chi connectivity index (χ4v) is 5.96. The highest BCUT2D eigenvalue weighted by Crippen LogP contribution is 2.61. The van der Waals surface area contributed by atoms with E-state index < -0.39 is 46.0 Å². The van der Waals surface area contributed by atoms with Gasteiger partial charge in [0.15, 0.2) is 23.0 Å². The molecule has 0 aliphatic carbocycles. The lowest BCUT2D eigenvalue weighted by Gasteiger charge is -2.22. The molecule has 7 aromatic rings. The summed E-state index contributed by atoms with van der Waals surface area (Å²) in [6, 6.07) is 25.2. The van der Waals surface area contributed by atoms with Crippen LogP contribution in [0.3, 0.4) is 0 Å². The Hall–Kier alpha value is -6.02. The molecule has 0 bridgehead atoms. The van der Waals surface area contributed by atoms with Crippen LogP contribution in [0.25, 0.3) is 65.3 Å². The normalized spacial score (nSPS) is 11.6. The van der Waals surface area contributed by atoms with Crippen LogP contribution < -0.4 is 0 Å². The highest BCUT2D eigenvalue weighted by molar-refractivity contribution is 6.29. The van der Waals surface area contributed by atoms with E-state index in [0.29, 0.717) is 11.1 Å². The topological polar surface area (TPSA) is 162 Å². The zero-order valence-electron chi connectivity index (χ0n) is 21.7. The Morgan fingerprint density at radius 3 is 1.24 bits per heavy atom. The quantitative estimate of drug-likeness (QED) is 0.0475. The summed E-state index contributed by atoms with van der Waals surface area (Å²) in [4.78, 5) is 0. The van der Waals surface area contributed by atoms with Crippen LogP contribution in [-0.2, 0) is 0 Å². The van der Waals surface area contributed by atoms with Gasteiger partial charge in [-0.25, -0.2) is 0 Å². The van der Waals surface area contributed by atoms with Gasteiger partial charge in [-0.3, -0.25) is 0 Å². The molecule has 8 heteroatoms. The number of hydrogen-bond donors (Lipinski definition) is 8. The summed E-state index contributed by atoms with van der Waals surface area (Å²) in [5, 5.41) is 90.6. The first kappa shape index (κ1) is 25.0. The third-order valence-electron chi connectivity index (χ3n) is 7.89. The molecule has 8 nitrogen and oxygen atoms in total. The molecule has 206 valence electrons. The average Bonchev–Trinajstić information content (AvgIpc) is 3.03.